The third-order valence-corrected chi connectivity index (χ3v) is 4.89. The van der Waals surface area contributed by atoms with Crippen molar-refractivity contribution in [2.45, 2.75) is 18.3 Å². The summed E-state index contributed by atoms with van der Waals surface area (Å²) in [5.74, 6) is -0.348. The summed E-state index contributed by atoms with van der Waals surface area (Å²) in [6, 6.07) is 9.78. The molecule has 3 rings (SSSR count). The quantitative estimate of drug-likeness (QED) is 0.608. The maximum absolute atomic E-state index is 13.7. The minimum absolute atomic E-state index is 0.188. The summed E-state index contributed by atoms with van der Waals surface area (Å²) in [6.07, 6.45) is 1.26. The third-order valence-electron chi connectivity index (χ3n) is 4.89. The molecule has 142 valence electrons. The van der Waals surface area contributed by atoms with E-state index in [2.05, 4.69) is 5.32 Å². The number of non-ortho nitro benzene ring substituents is 1. The summed E-state index contributed by atoms with van der Waals surface area (Å²) in [5.41, 5.74) is -0.185. The van der Waals surface area contributed by atoms with E-state index in [0.29, 0.717) is 32.6 Å². The van der Waals surface area contributed by atoms with Crippen molar-refractivity contribution in [2.75, 3.05) is 25.1 Å². The van der Waals surface area contributed by atoms with E-state index in [1.165, 1.54) is 24.3 Å². The van der Waals surface area contributed by atoms with Crippen molar-refractivity contribution in [3.63, 3.8) is 0 Å². The van der Waals surface area contributed by atoms with Crippen molar-refractivity contribution in [3.05, 3.63) is 74.1 Å². The second-order valence-electron chi connectivity index (χ2n) is 6.47. The van der Waals surface area contributed by atoms with Crippen LogP contribution in [0.3, 0.4) is 0 Å². The fourth-order valence-corrected chi connectivity index (χ4v) is 3.35. The van der Waals surface area contributed by atoms with Crippen LogP contribution in [0.4, 0.5) is 21.5 Å². The Balaban J connectivity index is 1.90. The molecule has 0 radical (unpaired) electrons. The fraction of sp³-hybridized carbons (Fsp3) is 0.333. The topological polar surface area (TPSA) is 108 Å². The van der Waals surface area contributed by atoms with E-state index in [-0.39, 0.29) is 22.9 Å². The number of nitro groups is 2. The van der Waals surface area contributed by atoms with Gasteiger partial charge in [0, 0.05) is 31.2 Å². The van der Waals surface area contributed by atoms with Gasteiger partial charge in [-0.15, -0.1) is 0 Å². The number of ether oxygens (including phenoxy) is 1. The van der Waals surface area contributed by atoms with Crippen molar-refractivity contribution in [1.29, 1.82) is 0 Å². The molecule has 0 bridgehead atoms. The van der Waals surface area contributed by atoms with E-state index in [0.717, 1.165) is 11.6 Å². The molecule has 1 aliphatic rings. The van der Waals surface area contributed by atoms with Gasteiger partial charge in [0.1, 0.15) is 11.5 Å². The zero-order valence-electron chi connectivity index (χ0n) is 14.4. The van der Waals surface area contributed by atoms with E-state index in [1.807, 2.05) is 6.07 Å². The van der Waals surface area contributed by atoms with Gasteiger partial charge >= 0.3 is 0 Å². The Morgan fingerprint density at radius 2 is 1.81 bits per heavy atom. The number of hydrogen-bond donors (Lipinski definition) is 1. The van der Waals surface area contributed by atoms with Crippen molar-refractivity contribution in [3.8, 4) is 0 Å². The zero-order valence-corrected chi connectivity index (χ0v) is 14.4. The first-order valence-corrected chi connectivity index (χ1v) is 8.42. The molecule has 0 saturated carbocycles. The Morgan fingerprint density at radius 3 is 2.44 bits per heavy atom. The maximum atomic E-state index is 13.7. The van der Waals surface area contributed by atoms with Gasteiger partial charge in [-0.1, -0.05) is 12.1 Å². The predicted molar refractivity (Wildman–Crippen MR) is 96.4 cm³/mol. The molecule has 8 nitrogen and oxygen atoms in total. The van der Waals surface area contributed by atoms with E-state index in [4.69, 9.17) is 4.74 Å². The standard InChI is InChI=1S/C18H18FN3O5/c19-14-3-1-2-13(10-14)18(6-8-27-9-7-18)12-20-16-5-4-15(21(23)24)11-17(16)22(25)26/h1-5,10-11,20H,6-9,12H2. The van der Waals surface area contributed by atoms with Crippen LogP contribution < -0.4 is 5.32 Å². The minimum atomic E-state index is -0.677. The van der Waals surface area contributed by atoms with E-state index in [9.17, 15) is 24.6 Å². The van der Waals surface area contributed by atoms with Crippen LogP contribution >= 0.6 is 0 Å². The first-order chi connectivity index (χ1) is 12.9. The lowest BCUT2D eigenvalue weighted by atomic mass is 9.74. The fourth-order valence-electron chi connectivity index (χ4n) is 3.35. The first kappa shape index (κ1) is 18.7. The summed E-state index contributed by atoms with van der Waals surface area (Å²) in [4.78, 5) is 20.9. The highest BCUT2D eigenvalue weighted by atomic mass is 19.1. The normalized spacial score (nSPS) is 15.9. The van der Waals surface area contributed by atoms with E-state index < -0.39 is 15.3 Å². The minimum Gasteiger partial charge on any atom is -0.381 e. The van der Waals surface area contributed by atoms with Gasteiger partial charge < -0.3 is 10.1 Å². The zero-order chi connectivity index (χ0) is 19.4. The van der Waals surface area contributed by atoms with Gasteiger partial charge in [0.2, 0.25) is 0 Å². The Kier molecular flexibility index (Phi) is 5.31. The second kappa shape index (κ2) is 7.67. The van der Waals surface area contributed by atoms with Gasteiger partial charge in [-0.05, 0) is 36.6 Å². The molecule has 1 fully saturated rings. The average molecular weight is 375 g/mol. The highest BCUT2D eigenvalue weighted by Gasteiger charge is 2.35. The van der Waals surface area contributed by atoms with E-state index >= 15 is 0 Å². The van der Waals surface area contributed by atoms with E-state index in [1.54, 1.807) is 6.07 Å². The van der Waals surface area contributed by atoms with Gasteiger partial charge in [-0.2, -0.15) is 0 Å². The molecule has 2 aromatic rings. The van der Waals surface area contributed by atoms with Gasteiger partial charge in [0.25, 0.3) is 11.4 Å². The summed E-state index contributed by atoms with van der Waals surface area (Å²) < 4.78 is 19.2. The first-order valence-electron chi connectivity index (χ1n) is 8.42. The third kappa shape index (κ3) is 4.03. The van der Waals surface area contributed by atoms with Crippen LogP contribution in [0.1, 0.15) is 18.4 Å². The monoisotopic (exact) mass is 375 g/mol. The molecule has 1 heterocycles. The smallest absolute Gasteiger partial charge is 0.299 e. The molecular formula is C18H18FN3O5. The van der Waals surface area contributed by atoms with Gasteiger partial charge in [0.15, 0.2) is 0 Å². The highest BCUT2D eigenvalue weighted by molar-refractivity contribution is 5.65. The van der Waals surface area contributed by atoms with Crippen molar-refractivity contribution >= 4 is 17.1 Å². The second-order valence-corrected chi connectivity index (χ2v) is 6.47. The molecule has 1 aliphatic heterocycles. The molecule has 27 heavy (non-hydrogen) atoms. The average Bonchev–Trinajstić information content (AvgIpc) is 2.67. The number of halogens is 1. The van der Waals surface area contributed by atoms with Crippen LogP contribution in [-0.4, -0.2) is 29.6 Å². The summed E-state index contributed by atoms with van der Waals surface area (Å²) in [5, 5.41) is 25.2. The van der Waals surface area contributed by atoms with Gasteiger partial charge in [-0.3, -0.25) is 20.2 Å². The molecule has 0 atom stereocenters. The lowest BCUT2D eigenvalue weighted by Crippen LogP contribution is -2.40. The van der Waals surface area contributed by atoms with Crippen LogP contribution in [0.5, 0.6) is 0 Å². The Bertz CT molecular complexity index is 868. The molecule has 0 unspecified atom stereocenters. The molecule has 1 saturated heterocycles. The Morgan fingerprint density at radius 1 is 1.07 bits per heavy atom. The summed E-state index contributed by atoms with van der Waals surface area (Å²) >= 11 is 0. The van der Waals surface area contributed by atoms with Crippen molar-refractivity contribution < 1.29 is 19.0 Å². The number of anilines is 1. The number of nitrogens with zero attached hydrogens (tertiary/aromatic N) is 2. The molecule has 2 aromatic carbocycles. The number of nitro benzene ring substituents is 2. The van der Waals surface area contributed by atoms with Gasteiger partial charge in [0.05, 0.1) is 15.9 Å². The largest absolute Gasteiger partial charge is 0.381 e. The Hall–Kier alpha value is -3.07. The lowest BCUT2D eigenvalue weighted by molar-refractivity contribution is -0.393. The number of nitrogens with one attached hydrogen (secondary N) is 1. The van der Waals surface area contributed by atoms with Crippen molar-refractivity contribution in [1.82, 2.24) is 0 Å². The SMILES string of the molecule is O=[N+]([O-])c1ccc(NCC2(c3cccc(F)c3)CCOCC2)c([N+](=O)[O-])c1. The molecule has 0 spiro atoms. The van der Waals surface area contributed by atoms with Crippen LogP contribution in [-0.2, 0) is 10.2 Å². The maximum Gasteiger partial charge on any atom is 0.299 e. The molecular weight excluding hydrogens is 357 g/mol. The molecule has 9 heteroatoms. The lowest BCUT2D eigenvalue weighted by Gasteiger charge is -2.38. The van der Waals surface area contributed by atoms with Crippen LogP contribution in [0.2, 0.25) is 0 Å². The molecule has 0 aromatic heterocycles. The van der Waals surface area contributed by atoms with Gasteiger partial charge in [-0.25, -0.2) is 4.39 Å². The van der Waals surface area contributed by atoms with Crippen molar-refractivity contribution in [2.24, 2.45) is 0 Å². The number of rotatable bonds is 6. The number of benzene rings is 2. The predicted octanol–water partition coefficient (Wildman–Crippen LogP) is 3.80. The molecule has 0 aliphatic carbocycles. The summed E-state index contributed by atoms with van der Waals surface area (Å²) in [6.45, 7) is 1.32. The molecule has 1 N–H and O–H groups in total. The van der Waals surface area contributed by atoms with Crippen LogP contribution in [0.15, 0.2) is 42.5 Å². The highest BCUT2D eigenvalue weighted by Crippen LogP contribution is 2.37. The summed E-state index contributed by atoms with van der Waals surface area (Å²) in [7, 11) is 0. The van der Waals surface area contributed by atoms with Crippen LogP contribution in [0, 0.1) is 26.0 Å². The Labute approximate surface area is 154 Å². The molecule has 0 amide bonds. The number of hydrogen-bond acceptors (Lipinski definition) is 6. The van der Waals surface area contributed by atoms with Crippen LogP contribution in [0.25, 0.3) is 0 Å².